The highest BCUT2D eigenvalue weighted by Gasteiger charge is 2.40. The standard InChI is InChI=1S/C16H23N3O2/c1-4-13-16(21)19(14(11(2)3)15(20)18-13)10-7-12-5-8-17-9-6-12/h5-6,8-9,11,13-14H,4,7,10H2,1-3H3,(H,18,20). The molecule has 1 aliphatic rings. The SMILES string of the molecule is CCC1NC(=O)C(C(C)C)N(CCc2ccncc2)C1=O. The fourth-order valence-electron chi connectivity index (χ4n) is 2.79. The molecule has 1 fully saturated rings. The van der Waals surface area contributed by atoms with Crippen molar-refractivity contribution in [3.8, 4) is 0 Å². The molecule has 1 aliphatic heterocycles. The lowest BCUT2D eigenvalue weighted by molar-refractivity contribution is -0.151. The highest BCUT2D eigenvalue weighted by atomic mass is 16.2. The molecule has 0 aliphatic carbocycles. The fraction of sp³-hybridized carbons (Fsp3) is 0.562. The molecule has 0 radical (unpaired) electrons. The Balaban J connectivity index is 2.14. The molecule has 1 saturated heterocycles. The first-order chi connectivity index (χ1) is 10.0. The van der Waals surface area contributed by atoms with Crippen LogP contribution in [0.25, 0.3) is 0 Å². The second-order valence-electron chi connectivity index (χ2n) is 5.80. The van der Waals surface area contributed by atoms with Crippen molar-refractivity contribution in [3.05, 3.63) is 30.1 Å². The predicted molar refractivity (Wildman–Crippen MR) is 80.5 cm³/mol. The lowest BCUT2D eigenvalue weighted by Gasteiger charge is -2.40. The van der Waals surface area contributed by atoms with Crippen molar-refractivity contribution in [2.75, 3.05) is 6.54 Å². The van der Waals surface area contributed by atoms with E-state index >= 15 is 0 Å². The van der Waals surface area contributed by atoms with Gasteiger partial charge in [-0.2, -0.15) is 0 Å². The van der Waals surface area contributed by atoms with Gasteiger partial charge in [-0.3, -0.25) is 14.6 Å². The first kappa shape index (κ1) is 15.5. The molecule has 2 unspecified atom stereocenters. The van der Waals surface area contributed by atoms with E-state index in [1.807, 2.05) is 32.9 Å². The summed E-state index contributed by atoms with van der Waals surface area (Å²) in [5.41, 5.74) is 1.12. The zero-order chi connectivity index (χ0) is 15.4. The number of amides is 2. The van der Waals surface area contributed by atoms with Crippen molar-refractivity contribution in [1.82, 2.24) is 15.2 Å². The number of hydrogen-bond acceptors (Lipinski definition) is 3. The summed E-state index contributed by atoms with van der Waals surface area (Å²) in [5.74, 6) is 0.0974. The van der Waals surface area contributed by atoms with E-state index in [2.05, 4.69) is 10.3 Å². The van der Waals surface area contributed by atoms with Crippen LogP contribution in [-0.2, 0) is 16.0 Å². The van der Waals surface area contributed by atoms with Crippen LogP contribution in [0.5, 0.6) is 0 Å². The Hall–Kier alpha value is -1.91. The predicted octanol–water partition coefficient (Wildman–Crippen LogP) is 1.39. The van der Waals surface area contributed by atoms with E-state index in [0.29, 0.717) is 13.0 Å². The molecule has 2 amide bonds. The lowest BCUT2D eigenvalue weighted by Crippen LogP contribution is -2.64. The summed E-state index contributed by atoms with van der Waals surface area (Å²) in [7, 11) is 0. The van der Waals surface area contributed by atoms with Crippen LogP contribution in [0.3, 0.4) is 0 Å². The minimum Gasteiger partial charge on any atom is -0.343 e. The quantitative estimate of drug-likeness (QED) is 0.891. The van der Waals surface area contributed by atoms with Gasteiger partial charge < -0.3 is 10.2 Å². The van der Waals surface area contributed by atoms with E-state index in [4.69, 9.17) is 0 Å². The van der Waals surface area contributed by atoms with Crippen LogP contribution in [0.2, 0.25) is 0 Å². The first-order valence-corrected chi connectivity index (χ1v) is 7.54. The molecule has 0 spiro atoms. The number of rotatable bonds is 5. The van der Waals surface area contributed by atoms with Crippen LogP contribution >= 0.6 is 0 Å². The third kappa shape index (κ3) is 3.40. The van der Waals surface area contributed by atoms with Crippen LogP contribution in [-0.4, -0.2) is 40.3 Å². The van der Waals surface area contributed by atoms with Crippen LogP contribution in [0.4, 0.5) is 0 Å². The summed E-state index contributed by atoms with van der Waals surface area (Å²) in [5, 5.41) is 2.84. The van der Waals surface area contributed by atoms with Crippen LogP contribution in [0, 0.1) is 5.92 Å². The minimum absolute atomic E-state index is 0.0323. The summed E-state index contributed by atoms with van der Waals surface area (Å²) in [6.07, 6.45) is 4.85. The van der Waals surface area contributed by atoms with E-state index in [1.165, 1.54) is 0 Å². The Morgan fingerprint density at radius 1 is 1.29 bits per heavy atom. The van der Waals surface area contributed by atoms with Gasteiger partial charge in [-0.05, 0) is 36.5 Å². The average molecular weight is 289 g/mol. The minimum atomic E-state index is -0.384. The molecule has 2 rings (SSSR count). The number of nitrogens with zero attached hydrogens (tertiary/aromatic N) is 2. The summed E-state index contributed by atoms with van der Waals surface area (Å²) < 4.78 is 0. The Kier molecular flexibility index (Phi) is 4.94. The molecule has 114 valence electrons. The van der Waals surface area contributed by atoms with Crippen LogP contribution < -0.4 is 5.32 Å². The molecular weight excluding hydrogens is 266 g/mol. The summed E-state index contributed by atoms with van der Waals surface area (Å²) in [4.78, 5) is 30.5. The molecule has 5 nitrogen and oxygen atoms in total. The Labute approximate surface area is 125 Å². The fourth-order valence-corrected chi connectivity index (χ4v) is 2.79. The van der Waals surface area contributed by atoms with E-state index in [-0.39, 0.29) is 29.8 Å². The second kappa shape index (κ2) is 6.70. The number of piperazine rings is 1. The van der Waals surface area contributed by atoms with Gasteiger partial charge in [-0.25, -0.2) is 0 Å². The lowest BCUT2D eigenvalue weighted by atomic mass is 9.95. The zero-order valence-corrected chi connectivity index (χ0v) is 12.9. The molecule has 2 heterocycles. The van der Waals surface area contributed by atoms with E-state index in [1.54, 1.807) is 17.3 Å². The number of pyridine rings is 1. The second-order valence-corrected chi connectivity index (χ2v) is 5.80. The van der Waals surface area contributed by atoms with E-state index in [0.717, 1.165) is 12.0 Å². The van der Waals surface area contributed by atoms with Crippen molar-refractivity contribution < 1.29 is 9.59 Å². The van der Waals surface area contributed by atoms with Gasteiger partial charge in [0.05, 0.1) is 0 Å². The summed E-state index contributed by atoms with van der Waals surface area (Å²) >= 11 is 0. The maximum Gasteiger partial charge on any atom is 0.245 e. The molecule has 5 heteroatoms. The van der Waals surface area contributed by atoms with Crippen LogP contribution in [0.1, 0.15) is 32.8 Å². The van der Waals surface area contributed by atoms with Crippen molar-refractivity contribution in [2.45, 2.75) is 45.7 Å². The first-order valence-electron chi connectivity index (χ1n) is 7.54. The molecule has 0 bridgehead atoms. The highest BCUT2D eigenvalue weighted by molar-refractivity contribution is 5.97. The van der Waals surface area contributed by atoms with E-state index < -0.39 is 0 Å². The zero-order valence-electron chi connectivity index (χ0n) is 12.9. The Morgan fingerprint density at radius 3 is 2.52 bits per heavy atom. The van der Waals surface area contributed by atoms with Gasteiger partial charge in [0, 0.05) is 18.9 Å². The van der Waals surface area contributed by atoms with Crippen LogP contribution in [0.15, 0.2) is 24.5 Å². The third-order valence-corrected chi connectivity index (χ3v) is 3.93. The topological polar surface area (TPSA) is 62.3 Å². The van der Waals surface area contributed by atoms with Gasteiger partial charge in [0.1, 0.15) is 12.1 Å². The molecule has 1 N–H and O–H groups in total. The molecule has 1 aromatic heterocycles. The Morgan fingerprint density at radius 2 is 1.95 bits per heavy atom. The van der Waals surface area contributed by atoms with Crippen molar-refractivity contribution >= 4 is 11.8 Å². The Bertz CT molecular complexity index is 502. The number of nitrogens with one attached hydrogen (secondary N) is 1. The number of aromatic nitrogens is 1. The van der Waals surface area contributed by atoms with Crippen molar-refractivity contribution in [3.63, 3.8) is 0 Å². The van der Waals surface area contributed by atoms with Gasteiger partial charge in [0.25, 0.3) is 0 Å². The molecule has 1 aromatic rings. The smallest absolute Gasteiger partial charge is 0.245 e. The van der Waals surface area contributed by atoms with Gasteiger partial charge in [-0.15, -0.1) is 0 Å². The van der Waals surface area contributed by atoms with Crippen molar-refractivity contribution in [2.24, 2.45) is 5.92 Å². The normalized spacial score (nSPS) is 22.6. The number of hydrogen-bond donors (Lipinski definition) is 1. The summed E-state index contributed by atoms with van der Waals surface area (Å²) in [6, 6.07) is 3.12. The summed E-state index contributed by atoms with van der Waals surface area (Å²) in [6.45, 7) is 6.43. The van der Waals surface area contributed by atoms with Crippen molar-refractivity contribution in [1.29, 1.82) is 0 Å². The van der Waals surface area contributed by atoms with Gasteiger partial charge in [0.2, 0.25) is 11.8 Å². The largest absolute Gasteiger partial charge is 0.343 e. The average Bonchev–Trinajstić information content (AvgIpc) is 2.48. The molecule has 21 heavy (non-hydrogen) atoms. The van der Waals surface area contributed by atoms with Gasteiger partial charge >= 0.3 is 0 Å². The third-order valence-electron chi connectivity index (χ3n) is 3.93. The monoisotopic (exact) mass is 289 g/mol. The maximum atomic E-state index is 12.5. The molecule has 2 atom stereocenters. The number of carbonyl (C=O) groups is 2. The molecule has 0 aromatic carbocycles. The van der Waals surface area contributed by atoms with Gasteiger partial charge in [0.15, 0.2) is 0 Å². The maximum absolute atomic E-state index is 12.5. The number of carbonyl (C=O) groups excluding carboxylic acids is 2. The van der Waals surface area contributed by atoms with Gasteiger partial charge in [-0.1, -0.05) is 20.8 Å². The molecule has 0 saturated carbocycles. The highest BCUT2D eigenvalue weighted by Crippen LogP contribution is 2.19. The van der Waals surface area contributed by atoms with E-state index in [9.17, 15) is 9.59 Å². The molecular formula is C16H23N3O2.